The van der Waals surface area contributed by atoms with Crippen LogP contribution in [-0.4, -0.2) is 18.3 Å². The van der Waals surface area contributed by atoms with E-state index in [2.05, 4.69) is 10.3 Å². The van der Waals surface area contributed by atoms with E-state index in [0.29, 0.717) is 21.5 Å². The van der Waals surface area contributed by atoms with Crippen molar-refractivity contribution in [2.24, 2.45) is 0 Å². The van der Waals surface area contributed by atoms with Crippen LogP contribution in [0.3, 0.4) is 0 Å². The van der Waals surface area contributed by atoms with Gasteiger partial charge in [0.05, 0.1) is 17.4 Å². The Morgan fingerprint density at radius 2 is 2.04 bits per heavy atom. The number of carbonyl (C=O) groups excluding carboxylic acids is 1. The third-order valence-corrected chi connectivity index (χ3v) is 4.82. The summed E-state index contributed by atoms with van der Waals surface area (Å²) in [4.78, 5) is 15.2. The number of benzene rings is 1. The number of carbonyl (C=O) groups is 1. The van der Waals surface area contributed by atoms with E-state index in [9.17, 15) is 10.1 Å². The van der Waals surface area contributed by atoms with Crippen molar-refractivity contribution in [3.63, 3.8) is 0 Å². The molecule has 0 aliphatic rings. The minimum atomic E-state index is -0.536. The third-order valence-electron chi connectivity index (χ3n) is 3.40. The fourth-order valence-corrected chi connectivity index (χ4v) is 3.21. The standard InChI is InChI=1S/C17H14ClN5O2S/c1-9(16(24)22-12-3-4-14(25-2)13(18)6-12)26-17-11(8-20)5-10(7-19)15(21)23-17/h3-6,9H,1-2H3,(H2,21,23)(H,22,24)/p+1/t9-/m0/s1. The molecule has 1 amide bonds. The number of nitrogens with two attached hydrogens (primary N) is 1. The number of halogens is 1. The lowest BCUT2D eigenvalue weighted by atomic mass is 10.2. The number of hydrogen-bond donors (Lipinski definition) is 2. The van der Waals surface area contributed by atoms with Gasteiger partial charge in [0.25, 0.3) is 5.82 Å². The highest BCUT2D eigenvalue weighted by Gasteiger charge is 2.21. The Labute approximate surface area is 159 Å². The normalized spacial score (nSPS) is 11.1. The Morgan fingerprint density at radius 1 is 1.35 bits per heavy atom. The Balaban J connectivity index is 2.15. The highest BCUT2D eigenvalue weighted by Crippen LogP contribution is 2.29. The number of H-pyrrole nitrogens is 1. The fraction of sp³-hybridized carbons (Fsp3) is 0.176. The number of aromatic nitrogens is 1. The molecule has 0 radical (unpaired) electrons. The summed E-state index contributed by atoms with van der Waals surface area (Å²) >= 11 is 7.18. The molecule has 0 saturated carbocycles. The average Bonchev–Trinajstić information content (AvgIpc) is 2.62. The average molecular weight is 389 g/mol. The van der Waals surface area contributed by atoms with Gasteiger partial charge in [0.15, 0.2) is 5.03 Å². The number of nitrogens with one attached hydrogen (secondary N) is 2. The zero-order valence-corrected chi connectivity index (χ0v) is 15.5. The van der Waals surface area contributed by atoms with E-state index < -0.39 is 5.25 Å². The van der Waals surface area contributed by atoms with Crippen molar-refractivity contribution in [3.8, 4) is 17.9 Å². The molecule has 0 bridgehead atoms. The van der Waals surface area contributed by atoms with Crippen LogP contribution >= 0.6 is 23.4 Å². The van der Waals surface area contributed by atoms with Gasteiger partial charge in [-0.05, 0) is 31.2 Å². The number of ether oxygens (including phenoxy) is 1. The van der Waals surface area contributed by atoms with Gasteiger partial charge in [-0.15, -0.1) is 0 Å². The number of methoxy groups -OCH3 is 1. The number of nitrogens with zero attached hydrogens (tertiary/aromatic N) is 2. The molecule has 0 aliphatic heterocycles. The van der Waals surface area contributed by atoms with E-state index in [0.717, 1.165) is 11.8 Å². The highest BCUT2D eigenvalue weighted by molar-refractivity contribution is 8.00. The molecule has 0 unspecified atom stereocenters. The summed E-state index contributed by atoms with van der Waals surface area (Å²) in [6.07, 6.45) is 0. The lowest BCUT2D eigenvalue weighted by Crippen LogP contribution is -2.25. The van der Waals surface area contributed by atoms with Gasteiger partial charge >= 0.3 is 0 Å². The first-order chi connectivity index (χ1) is 12.4. The smallest absolute Gasteiger partial charge is 0.289 e. The number of amides is 1. The Hall–Kier alpha value is -2.94. The van der Waals surface area contributed by atoms with Crippen LogP contribution in [0.15, 0.2) is 29.3 Å². The maximum atomic E-state index is 12.4. The molecule has 0 saturated heterocycles. The number of anilines is 2. The number of thioether (sulfide) groups is 1. The number of aromatic amines is 1. The second-order valence-electron chi connectivity index (χ2n) is 5.16. The third kappa shape index (κ3) is 4.37. The Bertz CT molecular complexity index is 936. The SMILES string of the molecule is COc1ccc(NC(=O)[C@H](C)Sc2[nH+]c(N)c(C#N)cc2C#N)cc1Cl. The largest absolute Gasteiger partial charge is 0.495 e. The van der Waals surface area contributed by atoms with Crippen molar-refractivity contribution >= 4 is 40.8 Å². The molecule has 0 aliphatic carbocycles. The molecule has 0 fully saturated rings. The van der Waals surface area contributed by atoms with Crippen molar-refractivity contribution in [1.29, 1.82) is 10.5 Å². The number of nitriles is 2. The lowest BCUT2D eigenvalue weighted by Gasteiger charge is -2.12. The van der Waals surface area contributed by atoms with Crippen LogP contribution in [-0.2, 0) is 4.79 Å². The molecule has 2 rings (SSSR count). The van der Waals surface area contributed by atoms with E-state index in [4.69, 9.17) is 27.3 Å². The first kappa shape index (κ1) is 19.4. The molecule has 1 atom stereocenters. The zero-order chi connectivity index (χ0) is 19.3. The minimum absolute atomic E-state index is 0.142. The number of hydrogen-bond acceptors (Lipinski definition) is 6. The summed E-state index contributed by atoms with van der Waals surface area (Å²) < 4.78 is 5.07. The first-order valence-corrected chi connectivity index (χ1v) is 8.62. The zero-order valence-electron chi connectivity index (χ0n) is 14.0. The maximum Gasteiger partial charge on any atom is 0.289 e. The molecule has 1 aromatic heterocycles. The topological polar surface area (TPSA) is 126 Å². The molecule has 1 aromatic carbocycles. The van der Waals surface area contributed by atoms with Crippen LogP contribution in [0, 0.1) is 22.7 Å². The molecule has 26 heavy (non-hydrogen) atoms. The molecule has 4 N–H and O–H groups in total. The van der Waals surface area contributed by atoms with E-state index in [1.807, 2.05) is 12.1 Å². The van der Waals surface area contributed by atoms with Gasteiger partial charge in [-0.3, -0.25) is 10.5 Å². The van der Waals surface area contributed by atoms with E-state index in [-0.39, 0.29) is 22.9 Å². The Kier molecular flexibility index (Phi) is 6.29. The monoisotopic (exact) mass is 388 g/mol. The molecular weight excluding hydrogens is 374 g/mol. The lowest BCUT2D eigenvalue weighted by molar-refractivity contribution is -0.410. The van der Waals surface area contributed by atoms with Crippen molar-refractivity contribution in [2.45, 2.75) is 17.2 Å². The molecule has 132 valence electrons. The summed E-state index contributed by atoms with van der Waals surface area (Å²) in [5.74, 6) is 0.369. The van der Waals surface area contributed by atoms with Gasteiger partial charge in [0, 0.05) is 5.69 Å². The van der Waals surface area contributed by atoms with Crippen LogP contribution in [0.1, 0.15) is 18.1 Å². The number of nitrogen functional groups attached to an aromatic ring is 1. The summed E-state index contributed by atoms with van der Waals surface area (Å²) in [7, 11) is 1.50. The molecule has 2 aromatic rings. The quantitative estimate of drug-likeness (QED) is 0.758. The van der Waals surface area contributed by atoms with E-state index in [1.165, 1.54) is 13.2 Å². The summed E-state index contributed by atoms with van der Waals surface area (Å²) in [6.45, 7) is 1.69. The summed E-state index contributed by atoms with van der Waals surface area (Å²) in [5, 5.41) is 21.2. The van der Waals surface area contributed by atoms with Crippen LogP contribution in [0.25, 0.3) is 0 Å². The van der Waals surface area contributed by atoms with Gasteiger partial charge in [0.2, 0.25) is 5.91 Å². The second kappa shape index (κ2) is 8.43. The highest BCUT2D eigenvalue weighted by atomic mass is 35.5. The van der Waals surface area contributed by atoms with E-state index >= 15 is 0 Å². The van der Waals surface area contributed by atoms with Crippen molar-refractivity contribution in [2.75, 3.05) is 18.2 Å². The summed E-state index contributed by atoms with van der Waals surface area (Å²) in [6, 6.07) is 10.2. The van der Waals surface area contributed by atoms with Gasteiger partial charge in [0.1, 0.15) is 29.0 Å². The van der Waals surface area contributed by atoms with Gasteiger partial charge < -0.3 is 10.1 Å². The fourth-order valence-electron chi connectivity index (χ4n) is 2.03. The number of pyridine rings is 1. The van der Waals surface area contributed by atoms with Gasteiger partial charge in [-0.2, -0.15) is 10.5 Å². The first-order valence-electron chi connectivity index (χ1n) is 7.36. The minimum Gasteiger partial charge on any atom is -0.495 e. The number of rotatable bonds is 5. The van der Waals surface area contributed by atoms with Crippen molar-refractivity contribution in [1.82, 2.24) is 0 Å². The van der Waals surface area contributed by atoms with Crippen molar-refractivity contribution < 1.29 is 14.5 Å². The van der Waals surface area contributed by atoms with Crippen LogP contribution in [0.4, 0.5) is 11.5 Å². The van der Waals surface area contributed by atoms with Crippen molar-refractivity contribution in [3.05, 3.63) is 40.4 Å². The molecule has 0 spiro atoms. The molecule has 1 heterocycles. The van der Waals surface area contributed by atoms with Crippen LogP contribution in [0.2, 0.25) is 5.02 Å². The van der Waals surface area contributed by atoms with Crippen LogP contribution in [0.5, 0.6) is 5.75 Å². The molecule has 9 heteroatoms. The predicted octanol–water partition coefficient (Wildman–Crippen LogP) is 2.61. The molecule has 7 nitrogen and oxygen atoms in total. The maximum absolute atomic E-state index is 12.4. The summed E-state index contributed by atoms with van der Waals surface area (Å²) in [5.41, 5.74) is 6.69. The van der Waals surface area contributed by atoms with Crippen LogP contribution < -0.4 is 20.8 Å². The second-order valence-corrected chi connectivity index (χ2v) is 6.92. The van der Waals surface area contributed by atoms with Gasteiger partial charge in [-0.25, -0.2) is 4.98 Å². The van der Waals surface area contributed by atoms with E-state index in [1.54, 1.807) is 25.1 Å². The molecular formula is C17H15ClN5O2S+. The Morgan fingerprint density at radius 3 is 2.62 bits per heavy atom. The van der Waals surface area contributed by atoms with Gasteiger partial charge in [-0.1, -0.05) is 23.4 Å². The predicted molar refractivity (Wildman–Crippen MR) is 98.8 cm³/mol.